The lowest BCUT2D eigenvalue weighted by molar-refractivity contribution is -0.134. The zero-order valence-corrected chi connectivity index (χ0v) is 9.43. The molecule has 0 radical (unpaired) electrons. The molecule has 6 heteroatoms. The van der Waals surface area contributed by atoms with Crippen LogP contribution in [0.3, 0.4) is 0 Å². The minimum atomic E-state index is -0.402. The fourth-order valence-electron chi connectivity index (χ4n) is 1.40. The lowest BCUT2D eigenvalue weighted by atomic mass is 10.2. The van der Waals surface area contributed by atoms with Gasteiger partial charge in [0.15, 0.2) is 5.78 Å². The summed E-state index contributed by atoms with van der Waals surface area (Å²) in [6, 6.07) is -0.402. The lowest BCUT2D eigenvalue weighted by Gasteiger charge is -2.14. The second-order valence-corrected chi connectivity index (χ2v) is 3.61. The molecule has 1 rings (SSSR count). The molecule has 1 aromatic heterocycles. The van der Waals surface area contributed by atoms with Gasteiger partial charge in [0.25, 0.3) is 0 Å². The van der Waals surface area contributed by atoms with Gasteiger partial charge in [0, 0.05) is 7.05 Å². The molecular weight excluding hydrogens is 196 g/mol. The monoisotopic (exact) mass is 212 g/mol. The highest BCUT2D eigenvalue weighted by molar-refractivity contribution is 5.83. The molecule has 0 aliphatic heterocycles. The normalized spacial score (nSPS) is 13.2. The minimum Gasteiger partial charge on any atom is -0.314 e. The van der Waals surface area contributed by atoms with Gasteiger partial charge in [-0.3, -0.25) is 4.79 Å². The van der Waals surface area contributed by atoms with E-state index in [0.29, 0.717) is 11.6 Å². The van der Waals surface area contributed by atoms with Gasteiger partial charge in [-0.05, 0) is 20.8 Å². The first-order valence-corrected chi connectivity index (χ1v) is 4.74. The molecule has 0 spiro atoms. The molecule has 1 unspecified atom stereocenters. The first-order chi connectivity index (χ1) is 6.91. The minimum absolute atomic E-state index is 0.0144. The van der Waals surface area contributed by atoms with Crippen molar-refractivity contribution in [2.45, 2.75) is 26.8 Å². The van der Waals surface area contributed by atoms with E-state index in [0.717, 1.165) is 5.06 Å². The topological polar surface area (TPSA) is 71.2 Å². The Labute approximate surface area is 88.5 Å². The molecule has 0 aliphatic carbocycles. The number of carbonyl (C=O) groups is 1. The summed E-state index contributed by atoms with van der Waals surface area (Å²) >= 11 is 0. The molecule has 15 heavy (non-hydrogen) atoms. The van der Waals surface area contributed by atoms with Gasteiger partial charge in [-0.2, -0.15) is 10.2 Å². The van der Waals surface area contributed by atoms with Gasteiger partial charge in [-0.15, -0.1) is 0 Å². The number of Topliss-reactive ketones (excluding diaryl/α,β-unsaturated/α-hetero) is 1. The van der Waals surface area contributed by atoms with Crippen molar-refractivity contribution in [3.63, 3.8) is 0 Å². The Bertz CT molecular complexity index is 359. The molecular formula is C9H16N4O2. The molecule has 0 aliphatic rings. The van der Waals surface area contributed by atoms with Crippen molar-refractivity contribution in [2.75, 3.05) is 13.6 Å². The SMILES string of the molecule is Cc1nc(C)n(C(C)C(=O)CN(C)O)n1. The number of nitrogens with zero attached hydrogens (tertiary/aromatic N) is 4. The van der Waals surface area contributed by atoms with Gasteiger partial charge in [-0.25, -0.2) is 9.67 Å². The van der Waals surface area contributed by atoms with Crippen molar-refractivity contribution in [1.29, 1.82) is 0 Å². The van der Waals surface area contributed by atoms with E-state index in [-0.39, 0.29) is 12.3 Å². The molecule has 0 bridgehead atoms. The quantitative estimate of drug-likeness (QED) is 0.729. The molecule has 0 aromatic carbocycles. The highest BCUT2D eigenvalue weighted by Crippen LogP contribution is 2.09. The van der Waals surface area contributed by atoms with Gasteiger partial charge < -0.3 is 5.21 Å². The van der Waals surface area contributed by atoms with Crippen LogP contribution in [0.15, 0.2) is 0 Å². The van der Waals surface area contributed by atoms with Crippen LogP contribution in [0.1, 0.15) is 24.6 Å². The molecule has 1 heterocycles. The number of ketones is 1. The third kappa shape index (κ3) is 2.84. The lowest BCUT2D eigenvalue weighted by Crippen LogP contribution is -2.29. The zero-order valence-electron chi connectivity index (χ0n) is 9.43. The Kier molecular flexibility index (Phi) is 3.54. The molecule has 84 valence electrons. The number of carbonyl (C=O) groups excluding carboxylic acids is 1. The number of hydroxylamine groups is 2. The number of hydrogen-bond acceptors (Lipinski definition) is 5. The Hall–Kier alpha value is -1.27. The maximum absolute atomic E-state index is 11.6. The van der Waals surface area contributed by atoms with Crippen molar-refractivity contribution in [2.24, 2.45) is 0 Å². The molecule has 6 nitrogen and oxygen atoms in total. The van der Waals surface area contributed by atoms with Crippen molar-refractivity contribution in [3.8, 4) is 0 Å². The third-order valence-corrected chi connectivity index (χ3v) is 2.13. The molecule has 0 saturated carbocycles. The molecule has 0 fully saturated rings. The number of aryl methyl sites for hydroxylation is 2. The van der Waals surface area contributed by atoms with Crippen LogP contribution in [0.25, 0.3) is 0 Å². The van der Waals surface area contributed by atoms with Crippen LogP contribution in [0.4, 0.5) is 0 Å². The molecule has 1 N–H and O–H groups in total. The summed E-state index contributed by atoms with van der Waals surface area (Å²) in [4.78, 5) is 15.7. The second-order valence-electron chi connectivity index (χ2n) is 3.61. The summed E-state index contributed by atoms with van der Waals surface area (Å²) < 4.78 is 1.57. The first kappa shape index (κ1) is 11.8. The highest BCUT2D eigenvalue weighted by atomic mass is 16.5. The van der Waals surface area contributed by atoms with Crippen LogP contribution < -0.4 is 0 Å². The summed E-state index contributed by atoms with van der Waals surface area (Å²) in [6.45, 7) is 5.30. The average Bonchev–Trinajstić information content (AvgIpc) is 2.42. The van der Waals surface area contributed by atoms with Gasteiger partial charge in [-0.1, -0.05) is 0 Å². The van der Waals surface area contributed by atoms with Crippen LogP contribution >= 0.6 is 0 Å². The zero-order chi connectivity index (χ0) is 11.6. The summed E-state index contributed by atoms with van der Waals surface area (Å²) in [5, 5.41) is 13.9. The van der Waals surface area contributed by atoms with Crippen molar-refractivity contribution in [1.82, 2.24) is 19.8 Å². The van der Waals surface area contributed by atoms with Gasteiger partial charge >= 0.3 is 0 Å². The van der Waals surface area contributed by atoms with Gasteiger partial charge in [0.2, 0.25) is 0 Å². The summed E-state index contributed by atoms with van der Waals surface area (Å²) in [7, 11) is 1.43. The van der Waals surface area contributed by atoms with Gasteiger partial charge in [0.1, 0.15) is 17.7 Å². The maximum atomic E-state index is 11.6. The smallest absolute Gasteiger partial charge is 0.173 e. The first-order valence-electron chi connectivity index (χ1n) is 4.74. The number of hydrogen-bond donors (Lipinski definition) is 1. The Balaban J connectivity index is 2.80. The Morgan fingerprint density at radius 3 is 2.60 bits per heavy atom. The van der Waals surface area contributed by atoms with Crippen molar-refractivity contribution in [3.05, 3.63) is 11.6 Å². The largest absolute Gasteiger partial charge is 0.314 e. The second kappa shape index (κ2) is 4.50. The van der Waals surface area contributed by atoms with E-state index in [1.54, 1.807) is 25.5 Å². The highest BCUT2D eigenvalue weighted by Gasteiger charge is 2.19. The van der Waals surface area contributed by atoms with Crippen LogP contribution in [-0.4, -0.2) is 44.4 Å². The summed E-state index contributed by atoms with van der Waals surface area (Å²) in [5.41, 5.74) is 0. The van der Waals surface area contributed by atoms with E-state index in [4.69, 9.17) is 5.21 Å². The summed E-state index contributed by atoms with van der Waals surface area (Å²) in [5.74, 6) is 1.24. The maximum Gasteiger partial charge on any atom is 0.173 e. The van der Waals surface area contributed by atoms with E-state index in [2.05, 4.69) is 10.1 Å². The van der Waals surface area contributed by atoms with Crippen LogP contribution in [0.5, 0.6) is 0 Å². The van der Waals surface area contributed by atoms with Gasteiger partial charge in [0.05, 0.1) is 6.54 Å². The number of likely N-dealkylation sites (N-methyl/N-ethyl adjacent to an activating group) is 1. The van der Waals surface area contributed by atoms with E-state index in [1.807, 2.05) is 0 Å². The molecule has 1 atom stereocenters. The Morgan fingerprint density at radius 2 is 2.20 bits per heavy atom. The predicted octanol–water partition coefficient (Wildman–Crippen LogP) is 0.346. The number of rotatable bonds is 4. The Morgan fingerprint density at radius 1 is 1.60 bits per heavy atom. The fourth-order valence-corrected chi connectivity index (χ4v) is 1.40. The molecule has 0 amide bonds. The van der Waals surface area contributed by atoms with Crippen molar-refractivity contribution >= 4 is 5.78 Å². The van der Waals surface area contributed by atoms with E-state index < -0.39 is 6.04 Å². The van der Waals surface area contributed by atoms with E-state index >= 15 is 0 Å². The summed E-state index contributed by atoms with van der Waals surface area (Å²) in [6.07, 6.45) is 0. The predicted molar refractivity (Wildman–Crippen MR) is 53.6 cm³/mol. The fraction of sp³-hybridized carbons (Fsp3) is 0.667. The number of aromatic nitrogens is 3. The van der Waals surface area contributed by atoms with E-state index in [9.17, 15) is 4.79 Å². The average molecular weight is 212 g/mol. The van der Waals surface area contributed by atoms with Crippen molar-refractivity contribution < 1.29 is 10.0 Å². The standard InChI is InChI=1S/C9H16N4O2/c1-6(9(14)5-12(4)15)13-8(3)10-7(2)11-13/h6,15H,5H2,1-4H3. The van der Waals surface area contributed by atoms with E-state index in [1.165, 1.54) is 7.05 Å². The third-order valence-electron chi connectivity index (χ3n) is 2.13. The molecule has 0 saturated heterocycles. The van der Waals surface area contributed by atoms with Crippen LogP contribution in [-0.2, 0) is 4.79 Å². The van der Waals surface area contributed by atoms with Crippen LogP contribution in [0, 0.1) is 13.8 Å². The molecule has 1 aromatic rings. The van der Waals surface area contributed by atoms with Crippen LogP contribution in [0.2, 0.25) is 0 Å².